The Bertz CT molecular complexity index is 515. The van der Waals surface area contributed by atoms with Crippen molar-refractivity contribution < 1.29 is 23.7 Å². The highest BCUT2D eigenvalue weighted by atomic mass is 16.7. The highest BCUT2D eigenvalue weighted by molar-refractivity contribution is 5.93. The molecule has 2 saturated heterocycles. The third kappa shape index (κ3) is 5.67. The number of nitriles is 1. The first-order valence-corrected chi connectivity index (χ1v) is 7.59. The normalized spacial score (nSPS) is 24.7. The van der Waals surface area contributed by atoms with Crippen LogP contribution in [0.25, 0.3) is 0 Å². The SMILES string of the molecule is CC1(C)OCC(COC(=O)C(C#N)=CC=CN2CCOCC2)O1. The van der Waals surface area contributed by atoms with Gasteiger partial charge in [-0.2, -0.15) is 5.26 Å². The largest absolute Gasteiger partial charge is 0.459 e. The zero-order valence-electron chi connectivity index (χ0n) is 13.5. The topological polar surface area (TPSA) is 81.0 Å². The van der Waals surface area contributed by atoms with E-state index in [9.17, 15) is 4.79 Å². The molecule has 0 aromatic heterocycles. The zero-order chi connectivity index (χ0) is 16.7. The maximum Gasteiger partial charge on any atom is 0.348 e. The second-order valence-corrected chi connectivity index (χ2v) is 5.73. The first-order valence-electron chi connectivity index (χ1n) is 7.59. The molecule has 23 heavy (non-hydrogen) atoms. The van der Waals surface area contributed by atoms with E-state index in [1.165, 1.54) is 6.08 Å². The molecule has 0 aromatic carbocycles. The van der Waals surface area contributed by atoms with Gasteiger partial charge in [-0.15, -0.1) is 0 Å². The molecule has 2 aliphatic heterocycles. The zero-order valence-corrected chi connectivity index (χ0v) is 13.5. The molecule has 2 heterocycles. The molecule has 7 nitrogen and oxygen atoms in total. The van der Waals surface area contributed by atoms with Crippen molar-refractivity contribution in [1.82, 2.24) is 4.90 Å². The van der Waals surface area contributed by atoms with Crippen molar-refractivity contribution in [2.75, 3.05) is 39.5 Å². The van der Waals surface area contributed by atoms with Gasteiger partial charge in [0.05, 0.1) is 19.8 Å². The molecule has 2 aliphatic rings. The van der Waals surface area contributed by atoms with Crippen LogP contribution >= 0.6 is 0 Å². The van der Waals surface area contributed by atoms with E-state index >= 15 is 0 Å². The van der Waals surface area contributed by atoms with Crippen LogP contribution in [0.5, 0.6) is 0 Å². The van der Waals surface area contributed by atoms with Crippen LogP contribution in [0.2, 0.25) is 0 Å². The average molecular weight is 322 g/mol. The predicted molar refractivity (Wildman–Crippen MR) is 81.1 cm³/mol. The lowest BCUT2D eigenvalue weighted by atomic mass is 10.2. The van der Waals surface area contributed by atoms with Crippen molar-refractivity contribution in [2.45, 2.75) is 25.7 Å². The smallest absolute Gasteiger partial charge is 0.348 e. The molecule has 0 amide bonds. The Kier molecular flexibility index (Phi) is 6.16. The lowest BCUT2D eigenvalue weighted by Crippen LogP contribution is -2.31. The lowest BCUT2D eigenvalue weighted by Gasteiger charge is -2.24. The molecule has 126 valence electrons. The maximum atomic E-state index is 11.9. The molecule has 0 spiro atoms. The Morgan fingerprint density at radius 3 is 2.78 bits per heavy atom. The fourth-order valence-electron chi connectivity index (χ4n) is 2.23. The molecule has 0 aromatic rings. The summed E-state index contributed by atoms with van der Waals surface area (Å²) >= 11 is 0. The maximum absolute atomic E-state index is 11.9. The van der Waals surface area contributed by atoms with Crippen molar-refractivity contribution in [1.29, 1.82) is 5.26 Å². The summed E-state index contributed by atoms with van der Waals surface area (Å²) in [6.07, 6.45) is 4.65. The Labute approximate surface area is 136 Å². The van der Waals surface area contributed by atoms with Crippen LogP contribution in [0.3, 0.4) is 0 Å². The molecule has 0 N–H and O–H groups in total. The molecular weight excluding hydrogens is 300 g/mol. The van der Waals surface area contributed by atoms with E-state index in [-0.39, 0.29) is 18.3 Å². The van der Waals surface area contributed by atoms with Gasteiger partial charge in [0.15, 0.2) is 5.79 Å². The number of carbonyl (C=O) groups is 1. The van der Waals surface area contributed by atoms with Gasteiger partial charge >= 0.3 is 5.97 Å². The van der Waals surface area contributed by atoms with Gasteiger partial charge in [0.1, 0.15) is 24.4 Å². The summed E-state index contributed by atoms with van der Waals surface area (Å²) in [6.45, 7) is 6.98. The van der Waals surface area contributed by atoms with E-state index in [4.69, 9.17) is 24.2 Å². The molecule has 7 heteroatoms. The molecule has 2 rings (SSSR count). The monoisotopic (exact) mass is 322 g/mol. The number of morpholine rings is 1. The van der Waals surface area contributed by atoms with Crippen LogP contribution in [0.4, 0.5) is 0 Å². The van der Waals surface area contributed by atoms with Gasteiger partial charge in [0.25, 0.3) is 0 Å². The van der Waals surface area contributed by atoms with Crippen molar-refractivity contribution in [3.05, 3.63) is 23.9 Å². The van der Waals surface area contributed by atoms with E-state index in [2.05, 4.69) is 4.90 Å². The number of hydrogen-bond donors (Lipinski definition) is 0. The minimum Gasteiger partial charge on any atom is -0.459 e. The third-order valence-corrected chi connectivity index (χ3v) is 3.41. The van der Waals surface area contributed by atoms with E-state index in [0.717, 1.165) is 13.1 Å². The number of carbonyl (C=O) groups excluding carboxylic acids is 1. The van der Waals surface area contributed by atoms with Crippen LogP contribution in [0.15, 0.2) is 23.9 Å². The molecule has 1 atom stereocenters. The van der Waals surface area contributed by atoms with Gasteiger partial charge in [-0.1, -0.05) is 0 Å². The summed E-state index contributed by atoms with van der Waals surface area (Å²) in [6, 6.07) is 1.85. The highest BCUT2D eigenvalue weighted by Crippen LogP contribution is 2.22. The number of esters is 1. The summed E-state index contributed by atoms with van der Waals surface area (Å²) in [5.41, 5.74) is -0.0484. The van der Waals surface area contributed by atoms with Gasteiger partial charge in [0.2, 0.25) is 0 Å². The number of nitrogens with zero attached hydrogens (tertiary/aromatic N) is 2. The Balaban J connectivity index is 1.80. The van der Waals surface area contributed by atoms with E-state index in [1.807, 2.05) is 12.3 Å². The van der Waals surface area contributed by atoms with Gasteiger partial charge < -0.3 is 23.8 Å². The number of rotatable bonds is 5. The number of hydrogen-bond acceptors (Lipinski definition) is 7. The summed E-state index contributed by atoms with van der Waals surface area (Å²) < 4.78 is 21.3. The third-order valence-electron chi connectivity index (χ3n) is 3.41. The van der Waals surface area contributed by atoms with Crippen LogP contribution in [0.1, 0.15) is 13.8 Å². The van der Waals surface area contributed by atoms with Crippen LogP contribution in [-0.4, -0.2) is 62.3 Å². The lowest BCUT2D eigenvalue weighted by molar-refractivity contribution is -0.155. The minimum absolute atomic E-state index is 0.0484. The molecule has 2 fully saturated rings. The minimum atomic E-state index is -0.661. The number of ether oxygens (including phenoxy) is 4. The summed E-state index contributed by atoms with van der Waals surface area (Å²) in [7, 11) is 0. The Hall–Kier alpha value is -1.88. The quantitative estimate of drug-likeness (QED) is 0.323. The van der Waals surface area contributed by atoms with Crippen molar-refractivity contribution in [3.63, 3.8) is 0 Å². The van der Waals surface area contributed by atoms with E-state index in [1.54, 1.807) is 19.9 Å². The fourth-order valence-corrected chi connectivity index (χ4v) is 2.23. The van der Waals surface area contributed by atoms with E-state index in [0.29, 0.717) is 19.8 Å². The molecule has 0 aliphatic carbocycles. The Morgan fingerprint density at radius 1 is 1.43 bits per heavy atom. The second kappa shape index (κ2) is 8.11. The first kappa shape index (κ1) is 17.5. The molecule has 1 unspecified atom stereocenters. The standard InChI is InChI=1S/C16H22N2O5/c1-16(2)22-12-14(23-16)11-21-15(19)13(10-17)4-3-5-18-6-8-20-9-7-18/h3-5,14H,6-9,11-12H2,1-2H3. The first-order chi connectivity index (χ1) is 11.0. The van der Waals surface area contributed by atoms with Crippen molar-refractivity contribution >= 4 is 5.97 Å². The van der Waals surface area contributed by atoms with Crippen LogP contribution in [-0.2, 0) is 23.7 Å². The summed E-state index contributed by atoms with van der Waals surface area (Å²) in [4.78, 5) is 14.0. The van der Waals surface area contributed by atoms with Crippen LogP contribution in [0, 0.1) is 11.3 Å². The van der Waals surface area contributed by atoms with Crippen LogP contribution < -0.4 is 0 Å². The average Bonchev–Trinajstić information content (AvgIpc) is 2.89. The number of allylic oxidation sites excluding steroid dienone is 2. The molecular formula is C16H22N2O5. The molecule has 0 bridgehead atoms. The molecule has 0 saturated carbocycles. The van der Waals surface area contributed by atoms with Crippen molar-refractivity contribution in [2.24, 2.45) is 0 Å². The van der Waals surface area contributed by atoms with Gasteiger partial charge in [-0.25, -0.2) is 4.79 Å². The Morgan fingerprint density at radius 2 is 2.17 bits per heavy atom. The van der Waals surface area contributed by atoms with E-state index < -0.39 is 11.8 Å². The predicted octanol–water partition coefficient (Wildman–Crippen LogP) is 0.977. The summed E-state index contributed by atoms with van der Waals surface area (Å²) in [5, 5.41) is 9.07. The highest BCUT2D eigenvalue weighted by Gasteiger charge is 2.33. The van der Waals surface area contributed by atoms with Gasteiger partial charge in [-0.05, 0) is 32.2 Å². The fraction of sp³-hybridized carbons (Fsp3) is 0.625. The van der Waals surface area contributed by atoms with Gasteiger partial charge in [0, 0.05) is 13.1 Å². The van der Waals surface area contributed by atoms with Gasteiger partial charge in [-0.3, -0.25) is 0 Å². The second-order valence-electron chi connectivity index (χ2n) is 5.73. The molecule has 0 radical (unpaired) electrons. The summed E-state index contributed by atoms with van der Waals surface area (Å²) in [5.74, 6) is -1.32. The van der Waals surface area contributed by atoms with Crippen molar-refractivity contribution in [3.8, 4) is 6.07 Å².